The van der Waals surface area contributed by atoms with E-state index >= 15 is 0 Å². The van der Waals surface area contributed by atoms with Crippen LogP contribution >= 0.6 is 0 Å². The summed E-state index contributed by atoms with van der Waals surface area (Å²) in [6.07, 6.45) is -2.46. The van der Waals surface area contributed by atoms with E-state index in [9.17, 15) is 80.9 Å². The summed E-state index contributed by atoms with van der Waals surface area (Å²) in [7, 11) is 0. The minimum absolute atomic E-state index is 0.0168. The van der Waals surface area contributed by atoms with Crippen LogP contribution in [0.4, 0.5) is 0 Å². The lowest BCUT2D eigenvalue weighted by Crippen LogP contribution is -2.62. The van der Waals surface area contributed by atoms with E-state index in [1.807, 2.05) is 0 Å². The first-order valence-electron chi connectivity index (χ1n) is 34.4. The predicted octanol–water partition coefficient (Wildman–Crippen LogP) is 3.03. The Morgan fingerprint density at radius 2 is 1.07 bits per heavy atom. The molecule has 0 aromatic heterocycles. The molecule has 21 heteroatoms. The normalized spacial score (nSPS) is 45.8. The molecule has 9 aliphatic carbocycles. The summed E-state index contributed by atoms with van der Waals surface area (Å²) < 4.78 is 5.50. The van der Waals surface area contributed by atoms with Gasteiger partial charge in [-0.25, -0.2) is 4.89 Å². The summed E-state index contributed by atoms with van der Waals surface area (Å²) in [6, 6.07) is 0. The molecule has 9 rings (SSSR count). The molecular formula is C67H115N3O18. The van der Waals surface area contributed by atoms with Crippen LogP contribution in [0.3, 0.4) is 0 Å². The van der Waals surface area contributed by atoms with Crippen molar-refractivity contribution in [2.24, 2.45) is 98.6 Å². The van der Waals surface area contributed by atoms with E-state index in [0.29, 0.717) is 77.3 Å². The van der Waals surface area contributed by atoms with Gasteiger partial charge in [-0.3, -0.25) is 19.6 Å². The standard InChI is InChI=1S/C67H115N3O18/c1-34(41-12-14-43-56-45(30-52(76)66(41,43)6)64(4)20-18-39(71)26-37(64)28-47(56)73)10-16-54(78)68-22-8-24-70(25-9-23-69-63(85)62(84)61(83)59(81)49(75)33-87-51-32-50(88-86)36(3)58(80)60(51)82)55(79)17-11-35(2)42-13-15-44-57-46(31-53(77)67(42,44)7)65(5)21-19-40(72)27-38(65)29-48(57)74/h34-53,56-62,71-77,80-84,86H,8-33H2,1-7H3,(H,68,78)(H,69,85)/t34?,35?,36?,37?,38?,39-,40-,41?,42?,43?,44?,45?,46?,47-,48-,49?,50?,51?,52+,53+,56?,57?,58?,59?,60?,61?,62?,64+,65+,66-,67-/m1/s1. The Morgan fingerprint density at radius 1 is 0.580 bits per heavy atom. The highest BCUT2D eigenvalue weighted by Gasteiger charge is 2.68. The van der Waals surface area contributed by atoms with Gasteiger partial charge >= 0.3 is 0 Å². The number of amides is 3. The van der Waals surface area contributed by atoms with E-state index in [-0.39, 0.29) is 144 Å². The molecule has 0 aromatic carbocycles. The molecule has 9 fully saturated rings. The SMILES string of the molecule is CC(CCC(=O)NCCCN(CCCNC(=O)C(O)C(O)C(O)C(O)COC1CC(OO)C(C)C(O)C1O)C(=O)CCC(C)C1CCC2C3C(C[C@H](O)[C@]12C)[C@@]1(C)CC[C@@H](O)CC1C[C@H]3O)C1CCC2C3C(C[C@H](O)[C@]12C)[C@@]1(C)CC[C@@H](O)CC1C[C@H]3O. The molecule has 0 saturated heterocycles. The number of aliphatic hydroxyl groups is 12. The van der Waals surface area contributed by atoms with Crippen molar-refractivity contribution < 1.29 is 90.5 Å². The zero-order valence-electron chi connectivity index (χ0n) is 53.8. The van der Waals surface area contributed by atoms with Crippen LogP contribution in [-0.4, -0.2) is 207 Å². The van der Waals surface area contributed by atoms with Gasteiger partial charge in [-0.1, -0.05) is 48.5 Å². The van der Waals surface area contributed by atoms with Crippen LogP contribution in [-0.2, 0) is 24.0 Å². The highest BCUT2D eigenvalue weighted by molar-refractivity contribution is 5.81. The van der Waals surface area contributed by atoms with Crippen LogP contribution in [0.1, 0.15) is 183 Å². The molecular weight excluding hydrogens is 1130 g/mol. The number of hydrogen-bond acceptors (Lipinski definition) is 18. The first-order valence-corrected chi connectivity index (χ1v) is 34.4. The third-order valence-corrected chi connectivity index (χ3v) is 27.1. The Labute approximate surface area is 522 Å². The zero-order valence-corrected chi connectivity index (χ0v) is 53.8. The Bertz CT molecular complexity index is 2340. The molecule has 9 saturated carbocycles. The topological polar surface area (TPSA) is 360 Å². The summed E-state index contributed by atoms with van der Waals surface area (Å²) in [5, 5.41) is 148. The second kappa shape index (κ2) is 28.4. The minimum atomic E-state index is -2.18. The number of nitrogens with zero attached hydrogens (tertiary/aromatic N) is 1. The highest BCUT2D eigenvalue weighted by atomic mass is 17.1. The van der Waals surface area contributed by atoms with Gasteiger partial charge in [0.1, 0.15) is 30.5 Å². The van der Waals surface area contributed by atoms with Crippen LogP contribution in [0, 0.1) is 98.6 Å². The maximum Gasteiger partial charge on any atom is 0.251 e. The Balaban J connectivity index is 0.775. The molecule has 0 aromatic rings. The van der Waals surface area contributed by atoms with Crippen molar-refractivity contribution in [2.45, 2.75) is 269 Å². The molecule has 0 aliphatic heterocycles. The van der Waals surface area contributed by atoms with Gasteiger partial charge in [0.15, 0.2) is 6.10 Å². The number of fused-ring (bicyclic) bond motifs is 10. The van der Waals surface area contributed by atoms with Crippen molar-refractivity contribution in [3.63, 3.8) is 0 Å². The number of hydrogen-bond donors (Lipinski definition) is 15. The molecule has 0 bridgehead atoms. The van der Waals surface area contributed by atoms with E-state index in [0.717, 1.165) is 51.4 Å². The third kappa shape index (κ3) is 13.4. The fraction of sp³-hybridized carbons (Fsp3) is 0.955. The maximum atomic E-state index is 14.4. The summed E-state index contributed by atoms with van der Waals surface area (Å²) in [4.78, 5) is 47.2. The highest BCUT2D eigenvalue weighted by Crippen LogP contribution is 2.70. The van der Waals surface area contributed by atoms with Crippen molar-refractivity contribution in [3.8, 4) is 0 Å². The number of nitrogens with one attached hydrogen (secondary N) is 2. The van der Waals surface area contributed by atoms with Gasteiger partial charge in [-0.15, -0.1) is 0 Å². The fourth-order valence-corrected chi connectivity index (χ4v) is 21.6. The largest absolute Gasteiger partial charge is 0.393 e. The van der Waals surface area contributed by atoms with Crippen molar-refractivity contribution in [3.05, 3.63) is 0 Å². The molecule has 21 nitrogen and oxygen atoms in total. The van der Waals surface area contributed by atoms with E-state index in [1.165, 1.54) is 0 Å². The average Bonchev–Trinajstić information content (AvgIpc) is 1.32. The van der Waals surface area contributed by atoms with Gasteiger partial charge in [0, 0.05) is 51.4 Å². The second-order valence-electron chi connectivity index (χ2n) is 31.4. The lowest BCUT2D eigenvalue weighted by atomic mass is 9.43. The molecule has 88 heavy (non-hydrogen) atoms. The molecule has 0 spiro atoms. The molecule has 0 heterocycles. The van der Waals surface area contributed by atoms with Gasteiger partial charge in [0.05, 0.1) is 55.4 Å². The van der Waals surface area contributed by atoms with Gasteiger partial charge in [-0.2, -0.15) is 0 Å². The molecule has 21 unspecified atom stereocenters. The number of aliphatic hydroxyl groups excluding tert-OH is 12. The Hall–Kier alpha value is -2.19. The smallest absolute Gasteiger partial charge is 0.251 e. The van der Waals surface area contributed by atoms with Gasteiger partial charge in [-0.05, 0) is 208 Å². The quantitative estimate of drug-likeness (QED) is 0.0375. The van der Waals surface area contributed by atoms with Gasteiger partial charge in [0.2, 0.25) is 11.8 Å². The van der Waals surface area contributed by atoms with Crippen LogP contribution in [0.5, 0.6) is 0 Å². The lowest BCUT2D eigenvalue weighted by Gasteiger charge is -2.63. The minimum Gasteiger partial charge on any atom is -0.393 e. The molecule has 15 N–H and O–H groups in total. The molecule has 9 aliphatic rings. The van der Waals surface area contributed by atoms with E-state index in [4.69, 9.17) is 4.74 Å². The summed E-state index contributed by atoms with van der Waals surface area (Å²) in [6.45, 7) is 15.1. The van der Waals surface area contributed by atoms with Crippen LogP contribution in [0.15, 0.2) is 0 Å². The number of carbonyl (C=O) groups excluding carboxylic acids is 3. The number of carbonyl (C=O) groups is 3. The first kappa shape index (κ1) is 70.1. The number of ether oxygens (including phenoxy) is 1. The van der Waals surface area contributed by atoms with E-state index in [1.54, 1.807) is 11.8 Å². The third-order valence-electron chi connectivity index (χ3n) is 27.1. The average molecular weight is 1250 g/mol. The van der Waals surface area contributed by atoms with Gasteiger partial charge < -0.3 is 81.5 Å². The monoisotopic (exact) mass is 1250 g/mol. The Morgan fingerprint density at radius 3 is 1.57 bits per heavy atom. The van der Waals surface area contributed by atoms with Gasteiger partial charge in [0.25, 0.3) is 5.91 Å². The van der Waals surface area contributed by atoms with Crippen LogP contribution in [0.25, 0.3) is 0 Å². The van der Waals surface area contributed by atoms with Crippen molar-refractivity contribution in [1.82, 2.24) is 15.5 Å². The zero-order chi connectivity index (χ0) is 64.1. The lowest BCUT2D eigenvalue weighted by molar-refractivity contribution is -0.316. The van der Waals surface area contributed by atoms with E-state index in [2.05, 4.69) is 57.1 Å². The summed E-state index contributed by atoms with van der Waals surface area (Å²) in [5.74, 6) is -0.0816. The second-order valence-corrected chi connectivity index (χ2v) is 31.4. The van der Waals surface area contributed by atoms with E-state index < -0.39 is 97.1 Å². The van der Waals surface area contributed by atoms with Crippen molar-refractivity contribution >= 4 is 17.7 Å². The van der Waals surface area contributed by atoms with Crippen LogP contribution in [0.2, 0.25) is 0 Å². The summed E-state index contributed by atoms with van der Waals surface area (Å²) in [5.41, 5.74) is -0.895. The summed E-state index contributed by atoms with van der Waals surface area (Å²) >= 11 is 0. The van der Waals surface area contributed by atoms with Crippen LogP contribution < -0.4 is 10.6 Å². The number of rotatable bonds is 24. The maximum absolute atomic E-state index is 14.4. The fourth-order valence-electron chi connectivity index (χ4n) is 21.6. The van der Waals surface area contributed by atoms with Crippen molar-refractivity contribution in [1.29, 1.82) is 0 Å². The molecule has 506 valence electrons. The molecule has 3 amide bonds. The molecule has 31 atom stereocenters. The molecule has 0 radical (unpaired) electrons. The van der Waals surface area contributed by atoms with Crippen molar-refractivity contribution in [2.75, 3.05) is 32.8 Å². The Kier molecular flexibility index (Phi) is 22.6. The first-order chi connectivity index (χ1) is 41.5. The predicted molar refractivity (Wildman–Crippen MR) is 324 cm³/mol.